The molecule has 2 N–H and O–H groups in total. The third-order valence-electron chi connectivity index (χ3n) is 5.57. The van der Waals surface area contributed by atoms with E-state index >= 15 is 0 Å². The second kappa shape index (κ2) is 5.92. The van der Waals surface area contributed by atoms with Gasteiger partial charge in [-0.2, -0.15) is 0 Å². The van der Waals surface area contributed by atoms with Gasteiger partial charge in [-0.15, -0.1) is 0 Å². The normalized spacial score (nSPS) is 33.2. The fraction of sp³-hybridized carbons (Fsp3) is 1.00. The molecule has 2 unspecified atom stereocenters. The minimum atomic E-state index is 0.588. The lowest BCUT2D eigenvalue weighted by atomic mass is 9.75. The van der Waals surface area contributed by atoms with Gasteiger partial charge in [0.15, 0.2) is 0 Å². The van der Waals surface area contributed by atoms with E-state index in [-0.39, 0.29) is 0 Å². The summed E-state index contributed by atoms with van der Waals surface area (Å²) in [6, 6.07) is 0.831. The molecule has 2 heteroatoms. The Balaban J connectivity index is 1.79. The van der Waals surface area contributed by atoms with E-state index in [4.69, 9.17) is 5.73 Å². The second-order valence-corrected chi connectivity index (χ2v) is 7.52. The molecule has 2 atom stereocenters. The minimum Gasteiger partial charge on any atom is -0.330 e. The molecule has 2 fully saturated rings. The van der Waals surface area contributed by atoms with Gasteiger partial charge in [0.1, 0.15) is 0 Å². The first-order valence-electron chi connectivity index (χ1n) is 7.92. The molecule has 2 aliphatic carbocycles. The highest BCUT2D eigenvalue weighted by atomic mass is 15.1. The Morgan fingerprint density at radius 3 is 2.28 bits per heavy atom. The van der Waals surface area contributed by atoms with E-state index in [1.165, 1.54) is 51.5 Å². The van der Waals surface area contributed by atoms with E-state index in [0.29, 0.717) is 5.41 Å². The summed E-state index contributed by atoms with van der Waals surface area (Å²) in [5.74, 6) is 1.67. The van der Waals surface area contributed by atoms with Crippen LogP contribution in [0.1, 0.15) is 58.8 Å². The maximum atomic E-state index is 5.90. The molecule has 18 heavy (non-hydrogen) atoms. The van der Waals surface area contributed by atoms with Crippen LogP contribution in [-0.4, -0.2) is 31.1 Å². The summed E-state index contributed by atoms with van der Waals surface area (Å²) in [6.07, 6.45) is 9.75. The Morgan fingerprint density at radius 2 is 1.67 bits per heavy atom. The third-order valence-corrected chi connectivity index (χ3v) is 5.57. The van der Waals surface area contributed by atoms with Crippen molar-refractivity contribution >= 4 is 0 Å². The van der Waals surface area contributed by atoms with Crippen molar-refractivity contribution in [3.05, 3.63) is 0 Å². The van der Waals surface area contributed by atoms with Gasteiger partial charge >= 0.3 is 0 Å². The van der Waals surface area contributed by atoms with Crippen molar-refractivity contribution in [2.45, 2.75) is 64.8 Å². The monoisotopic (exact) mass is 252 g/mol. The summed E-state index contributed by atoms with van der Waals surface area (Å²) in [5.41, 5.74) is 6.48. The number of nitrogens with zero attached hydrogens (tertiary/aromatic N) is 1. The molecule has 2 aliphatic rings. The molecule has 0 heterocycles. The molecule has 2 saturated carbocycles. The second-order valence-electron chi connectivity index (χ2n) is 7.52. The summed E-state index contributed by atoms with van der Waals surface area (Å²) in [4.78, 5) is 2.65. The molecule has 0 aromatic carbocycles. The number of hydrogen-bond donors (Lipinski definition) is 1. The average molecular weight is 252 g/mol. The van der Waals surface area contributed by atoms with Crippen LogP contribution in [0.15, 0.2) is 0 Å². The Morgan fingerprint density at radius 1 is 1.06 bits per heavy atom. The van der Waals surface area contributed by atoms with Crippen LogP contribution in [0.3, 0.4) is 0 Å². The van der Waals surface area contributed by atoms with Crippen LogP contribution in [0.2, 0.25) is 0 Å². The lowest BCUT2D eigenvalue weighted by Gasteiger charge is -2.40. The van der Waals surface area contributed by atoms with E-state index in [1.807, 2.05) is 0 Å². The lowest BCUT2D eigenvalue weighted by Crippen LogP contribution is -2.40. The van der Waals surface area contributed by atoms with Gasteiger partial charge in [-0.1, -0.05) is 20.3 Å². The molecule has 0 amide bonds. The molecule has 2 nitrogen and oxygen atoms in total. The van der Waals surface area contributed by atoms with Gasteiger partial charge in [-0.3, -0.25) is 0 Å². The van der Waals surface area contributed by atoms with Gasteiger partial charge in [0.25, 0.3) is 0 Å². The summed E-state index contributed by atoms with van der Waals surface area (Å²) < 4.78 is 0. The fourth-order valence-electron chi connectivity index (χ4n) is 4.01. The van der Waals surface area contributed by atoms with Crippen molar-refractivity contribution < 1.29 is 0 Å². The topological polar surface area (TPSA) is 29.3 Å². The largest absolute Gasteiger partial charge is 0.330 e. The molecule has 2 rings (SSSR count). The molecule has 0 aromatic rings. The van der Waals surface area contributed by atoms with E-state index < -0.39 is 0 Å². The smallest absolute Gasteiger partial charge is 0.00927 e. The van der Waals surface area contributed by atoms with E-state index in [1.54, 1.807) is 0 Å². The van der Waals surface area contributed by atoms with Crippen molar-refractivity contribution in [2.24, 2.45) is 23.0 Å². The molecule has 0 saturated heterocycles. The summed E-state index contributed by atoms with van der Waals surface area (Å²) in [7, 11) is 2.34. The molecule has 0 radical (unpaired) electrons. The maximum absolute atomic E-state index is 5.90. The highest BCUT2D eigenvalue weighted by molar-refractivity contribution is 4.86. The highest BCUT2D eigenvalue weighted by Crippen LogP contribution is 2.38. The van der Waals surface area contributed by atoms with Crippen molar-refractivity contribution in [1.29, 1.82) is 0 Å². The first-order chi connectivity index (χ1) is 8.52. The fourth-order valence-corrected chi connectivity index (χ4v) is 4.01. The number of nitrogens with two attached hydrogens (primary N) is 1. The van der Waals surface area contributed by atoms with Crippen molar-refractivity contribution in [3.8, 4) is 0 Å². The third kappa shape index (κ3) is 3.48. The summed E-state index contributed by atoms with van der Waals surface area (Å²) >= 11 is 0. The highest BCUT2D eigenvalue weighted by Gasteiger charge is 2.32. The first-order valence-corrected chi connectivity index (χ1v) is 7.92. The van der Waals surface area contributed by atoms with E-state index in [2.05, 4.69) is 25.8 Å². The molecular formula is C16H32N2. The Labute approximate surface area is 113 Å². The van der Waals surface area contributed by atoms with Gasteiger partial charge in [-0.25, -0.2) is 0 Å². The summed E-state index contributed by atoms with van der Waals surface area (Å²) in [5, 5.41) is 0. The lowest BCUT2D eigenvalue weighted by molar-refractivity contribution is 0.108. The van der Waals surface area contributed by atoms with Crippen molar-refractivity contribution in [1.82, 2.24) is 4.90 Å². The average Bonchev–Trinajstić information content (AvgIpc) is 2.76. The van der Waals surface area contributed by atoms with Crippen LogP contribution >= 0.6 is 0 Å². The summed E-state index contributed by atoms with van der Waals surface area (Å²) in [6.45, 7) is 7.03. The van der Waals surface area contributed by atoms with Crippen LogP contribution in [-0.2, 0) is 0 Å². The van der Waals surface area contributed by atoms with Crippen LogP contribution in [0.4, 0.5) is 0 Å². The zero-order valence-corrected chi connectivity index (χ0v) is 12.6. The zero-order valence-electron chi connectivity index (χ0n) is 12.6. The maximum Gasteiger partial charge on any atom is 0.00927 e. The molecule has 0 aromatic heterocycles. The molecule has 106 valence electrons. The van der Waals surface area contributed by atoms with Crippen LogP contribution in [0, 0.1) is 17.3 Å². The van der Waals surface area contributed by atoms with Gasteiger partial charge < -0.3 is 10.6 Å². The SMILES string of the molecule is CN(CC1CCCC1CN)C1CCC(C)(C)CC1. The molecular weight excluding hydrogens is 220 g/mol. The Kier molecular flexibility index (Phi) is 4.71. The van der Waals surface area contributed by atoms with Crippen LogP contribution in [0.5, 0.6) is 0 Å². The van der Waals surface area contributed by atoms with E-state index in [0.717, 1.165) is 24.4 Å². The minimum absolute atomic E-state index is 0.588. The van der Waals surface area contributed by atoms with E-state index in [9.17, 15) is 0 Å². The Hall–Kier alpha value is -0.0800. The first kappa shape index (κ1) is 14.3. The number of hydrogen-bond acceptors (Lipinski definition) is 2. The molecule has 0 aliphatic heterocycles. The van der Waals surface area contributed by atoms with Crippen molar-refractivity contribution in [3.63, 3.8) is 0 Å². The standard InChI is InChI=1S/C16H32N2/c1-16(2)9-7-15(8-10-16)18(3)12-14-6-4-5-13(14)11-17/h13-15H,4-12,17H2,1-3H3. The van der Waals surface area contributed by atoms with Gasteiger partial charge in [-0.05, 0) is 69.4 Å². The van der Waals surface area contributed by atoms with Gasteiger partial charge in [0, 0.05) is 12.6 Å². The number of rotatable bonds is 4. The zero-order chi connectivity index (χ0) is 13.2. The molecule has 0 bridgehead atoms. The predicted octanol–water partition coefficient (Wildman–Crippen LogP) is 3.26. The van der Waals surface area contributed by atoms with Crippen LogP contribution in [0.25, 0.3) is 0 Å². The Bertz CT molecular complexity index is 252. The quantitative estimate of drug-likeness (QED) is 0.832. The molecule has 0 spiro atoms. The van der Waals surface area contributed by atoms with Gasteiger partial charge in [0.2, 0.25) is 0 Å². The predicted molar refractivity (Wildman–Crippen MR) is 78.6 cm³/mol. The van der Waals surface area contributed by atoms with Crippen molar-refractivity contribution in [2.75, 3.05) is 20.1 Å². The van der Waals surface area contributed by atoms with Crippen LogP contribution < -0.4 is 5.73 Å². The van der Waals surface area contributed by atoms with Gasteiger partial charge in [0.05, 0.1) is 0 Å².